The molecule has 1 aliphatic heterocycles. The fraction of sp³-hybridized carbons (Fsp3) is 0.750. The molecule has 0 saturated carbocycles. The summed E-state index contributed by atoms with van der Waals surface area (Å²) in [6.07, 6.45) is 0.966. The minimum absolute atomic E-state index is 0.637. The van der Waals surface area contributed by atoms with Gasteiger partial charge in [-0.25, -0.2) is 4.21 Å². The van der Waals surface area contributed by atoms with E-state index in [0.29, 0.717) is 11.3 Å². The van der Waals surface area contributed by atoms with Crippen molar-refractivity contribution in [2.45, 2.75) is 6.42 Å². The van der Waals surface area contributed by atoms with Crippen molar-refractivity contribution in [1.29, 1.82) is 0 Å². The summed E-state index contributed by atoms with van der Waals surface area (Å²) in [7, 11) is 0. The van der Waals surface area contributed by atoms with E-state index in [0.717, 1.165) is 24.4 Å². The Labute approximate surface area is 46.0 Å². The largest absolute Gasteiger partial charge is 0.312 e. The van der Waals surface area contributed by atoms with Crippen LogP contribution in [0.1, 0.15) is 6.42 Å². The van der Waals surface area contributed by atoms with E-state index < -0.39 is 0 Å². The molecule has 0 unspecified atom stereocenters. The SMILES string of the molecule is O=S=C1CCNC1. The molecule has 40 valence electrons. The van der Waals surface area contributed by atoms with Crippen molar-refractivity contribution in [1.82, 2.24) is 5.32 Å². The second kappa shape index (κ2) is 2.23. The predicted molar refractivity (Wildman–Crippen MR) is 30.6 cm³/mol. The van der Waals surface area contributed by atoms with Gasteiger partial charge in [-0.1, -0.05) is 0 Å². The highest BCUT2D eigenvalue weighted by Crippen LogP contribution is 1.87. The van der Waals surface area contributed by atoms with Gasteiger partial charge in [0, 0.05) is 18.0 Å². The Bertz CT molecular complexity index is 109. The van der Waals surface area contributed by atoms with Crippen molar-refractivity contribution >= 4 is 16.1 Å². The minimum Gasteiger partial charge on any atom is -0.312 e. The van der Waals surface area contributed by atoms with Crippen LogP contribution >= 0.6 is 0 Å². The van der Waals surface area contributed by atoms with Crippen molar-refractivity contribution in [3.8, 4) is 0 Å². The number of hydrogen-bond donors (Lipinski definition) is 1. The van der Waals surface area contributed by atoms with Gasteiger partial charge in [-0.05, 0) is 6.42 Å². The Kier molecular flexibility index (Phi) is 1.59. The van der Waals surface area contributed by atoms with Crippen LogP contribution < -0.4 is 5.32 Å². The van der Waals surface area contributed by atoms with Crippen LogP contribution in [0.25, 0.3) is 0 Å². The van der Waals surface area contributed by atoms with E-state index in [9.17, 15) is 4.21 Å². The molecule has 0 atom stereocenters. The summed E-state index contributed by atoms with van der Waals surface area (Å²) in [5, 5.41) is 3.07. The quantitative estimate of drug-likeness (QED) is 0.428. The molecule has 0 aromatic carbocycles. The van der Waals surface area contributed by atoms with Gasteiger partial charge in [0.05, 0.1) is 11.3 Å². The number of rotatable bonds is 0. The van der Waals surface area contributed by atoms with E-state index in [1.165, 1.54) is 0 Å². The van der Waals surface area contributed by atoms with E-state index >= 15 is 0 Å². The molecule has 0 aromatic heterocycles. The van der Waals surface area contributed by atoms with E-state index in [4.69, 9.17) is 0 Å². The average molecular weight is 117 g/mol. The molecule has 1 rings (SSSR count). The van der Waals surface area contributed by atoms with E-state index in [1.807, 2.05) is 0 Å². The van der Waals surface area contributed by atoms with Gasteiger partial charge in [0.2, 0.25) is 0 Å². The Morgan fingerprint density at radius 3 is 2.86 bits per heavy atom. The molecular weight excluding hydrogens is 110 g/mol. The molecule has 0 amide bonds. The number of hydrogen-bond acceptors (Lipinski definition) is 2. The highest BCUT2D eigenvalue weighted by atomic mass is 32.1. The molecule has 1 fully saturated rings. The van der Waals surface area contributed by atoms with Gasteiger partial charge in [0.25, 0.3) is 0 Å². The Morgan fingerprint density at radius 2 is 2.57 bits per heavy atom. The zero-order chi connectivity index (χ0) is 5.11. The van der Waals surface area contributed by atoms with Gasteiger partial charge >= 0.3 is 0 Å². The summed E-state index contributed by atoms with van der Waals surface area (Å²) >= 11 is 0.637. The molecule has 0 radical (unpaired) electrons. The van der Waals surface area contributed by atoms with Gasteiger partial charge in [-0.2, -0.15) is 0 Å². The highest BCUT2D eigenvalue weighted by Gasteiger charge is 2.04. The monoisotopic (exact) mass is 117 g/mol. The summed E-state index contributed by atoms with van der Waals surface area (Å²) in [5.41, 5.74) is 0. The van der Waals surface area contributed by atoms with E-state index in [1.54, 1.807) is 0 Å². The molecule has 0 aliphatic carbocycles. The maximum absolute atomic E-state index is 9.97. The first-order valence-electron chi connectivity index (χ1n) is 2.29. The fourth-order valence-electron chi connectivity index (χ4n) is 0.615. The van der Waals surface area contributed by atoms with Crippen LogP contribution in [0.15, 0.2) is 0 Å². The van der Waals surface area contributed by atoms with Crippen LogP contribution in [-0.2, 0) is 11.3 Å². The van der Waals surface area contributed by atoms with Gasteiger partial charge in [0.1, 0.15) is 0 Å². The first-order valence-corrected chi connectivity index (χ1v) is 3.03. The van der Waals surface area contributed by atoms with Crippen molar-refractivity contribution < 1.29 is 4.21 Å². The van der Waals surface area contributed by atoms with Crippen LogP contribution in [0.4, 0.5) is 0 Å². The zero-order valence-electron chi connectivity index (χ0n) is 3.94. The van der Waals surface area contributed by atoms with Crippen LogP contribution in [0.2, 0.25) is 0 Å². The third-order valence-electron chi connectivity index (χ3n) is 1.02. The molecule has 0 bridgehead atoms. The van der Waals surface area contributed by atoms with Gasteiger partial charge in [0.15, 0.2) is 0 Å². The van der Waals surface area contributed by atoms with Crippen molar-refractivity contribution in [2.24, 2.45) is 0 Å². The maximum Gasteiger partial charge on any atom is 0.0890 e. The zero-order valence-corrected chi connectivity index (χ0v) is 4.75. The lowest BCUT2D eigenvalue weighted by Gasteiger charge is -1.77. The fourth-order valence-corrected chi connectivity index (χ4v) is 0.962. The van der Waals surface area contributed by atoms with Gasteiger partial charge in [-0.15, -0.1) is 0 Å². The Balaban J connectivity index is 2.57. The third-order valence-corrected chi connectivity index (χ3v) is 1.60. The van der Waals surface area contributed by atoms with E-state index in [-0.39, 0.29) is 0 Å². The molecule has 2 nitrogen and oxygen atoms in total. The van der Waals surface area contributed by atoms with Crippen LogP contribution in [0.3, 0.4) is 0 Å². The number of nitrogens with one attached hydrogen (secondary N) is 1. The normalized spacial score (nSPS) is 20.3. The molecule has 0 spiro atoms. The topological polar surface area (TPSA) is 29.1 Å². The molecule has 1 heterocycles. The standard InChI is InChI=1S/C4H7NOS/c6-7-4-1-2-5-3-4/h5H,1-3H2. The molecular formula is C4H7NOS. The van der Waals surface area contributed by atoms with Crippen molar-refractivity contribution in [2.75, 3.05) is 13.1 Å². The second-order valence-corrected chi connectivity index (χ2v) is 2.29. The summed E-state index contributed by atoms with van der Waals surface area (Å²) in [4.78, 5) is 1.04. The third kappa shape index (κ3) is 1.11. The Morgan fingerprint density at radius 1 is 1.71 bits per heavy atom. The molecule has 1 saturated heterocycles. The van der Waals surface area contributed by atoms with Gasteiger partial charge in [-0.3, -0.25) is 0 Å². The maximum atomic E-state index is 9.97. The van der Waals surface area contributed by atoms with Crippen LogP contribution in [-0.4, -0.2) is 22.2 Å². The van der Waals surface area contributed by atoms with Crippen LogP contribution in [0, 0.1) is 0 Å². The Hall–Kier alpha value is -0.150. The lowest BCUT2D eigenvalue weighted by molar-refractivity contribution is 0.700. The highest BCUT2D eigenvalue weighted by molar-refractivity contribution is 7.66. The summed E-state index contributed by atoms with van der Waals surface area (Å²) < 4.78 is 9.97. The smallest absolute Gasteiger partial charge is 0.0890 e. The first kappa shape index (κ1) is 5.00. The molecule has 1 N–H and O–H groups in total. The minimum atomic E-state index is 0.637. The summed E-state index contributed by atoms with van der Waals surface area (Å²) in [6, 6.07) is 0. The summed E-state index contributed by atoms with van der Waals surface area (Å²) in [6.45, 7) is 1.82. The predicted octanol–water partition coefficient (Wildman–Crippen LogP) is -0.635. The average Bonchev–Trinajstić information content (AvgIpc) is 2.14. The molecule has 3 heteroatoms. The van der Waals surface area contributed by atoms with Crippen molar-refractivity contribution in [3.05, 3.63) is 0 Å². The lowest BCUT2D eigenvalue weighted by Crippen LogP contribution is -2.07. The second-order valence-electron chi connectivity index (χ2n) is 1.55. The molecule has 7 heavy (non-hydrogen) atoms. The van der Waals surface area contributed by atoms with Crippen LogP contribution in [0.5, 0.6) is 0 Å². The molecule has 0 aromatic rings. The van der Waals surface area contributed by atoms with Gasteiger partial charge < -0.3 is 5.32 Å². The summed E-state index contributed by atoms with van der Waals surface area (Å²) in [5.74, 6) is 0. The lowest BCUT2D eigenvalue weighted by atomic mass is 10.4. The van der Waals surface area contributed by atoms with E-state index in [2.05, 4.69) is 5.32 Å². The van der Waals surface area contributed by atoms with Crippen molar-refractivity contribution in [3.63, 3.8) is 0 Å². The molecule has 1 aliphatic rings. The first-order chi connectivity index (χ1) is 3.43.